The van der Waals surface area contributed by atoms with Crippen molar-refractivity contribution in [2.24, 2.45) is 10.7 Å². The Morgan fingerprint density at radius 3 is 2.24 bits per heavy atom. The van der Waals surface area contributed by atoms with Crippen molar-refractivity contribution in [2.75, 3.05) is 19.8 Å². The summed E-state index contributed by atoms with van der Waals surface area (Å²) in [5.74, 6) is -0.832. The van der Waals surface area contributed by atoms with Gasteiger partial charge in [-0.25, -0.2) is 14.2 Å². The first-order valence-electron chi connectivity index (χ1n) is 14.7. The SMILES string of the molecule is CCOCCCOC(=O)c1ccc(Oc2c(C(C)(C)C)c(F)cc3cc4c(c(-c5ccc(C(F)(F)F)cc5)c23)C(N)=NC4=N)cc1. The maximum Gasteiger partial charge on any atom is 0.416 e. The lowest BCUT2D eigenvalue weighted by molar-refractivity contribution is -0.137. The number of hydrogen-bond donors (Lipinski definition) is 2. The fraction of sp³-hybridized carbons (Fsp3) is 0.286. The van der Waals surface area contributed by atoms with Crippen LogP contribution in [-0.2, 0) is 21.1 Å². The van der Waals surface area contributed by atoms with Crippen molar-refractivity contribution >= 4 is 28.4 Å². The molecule has 1 aliphatic heterocycles. The highest BCUT2D eigenvalue weighted by atomic mass is 19.4. The van der Waals surface area contributed by atoms with Crippen LogP contribution in [-0.4, -0.2) is 37.5 Å². The summed E-state index contributed by atoms with van der Waals surface area (Å²) in [6.45, 7) is 8.56. The Bertz CT molecular complexity index is 1840. The number of fused-ring (bicyclic) bond motifs is 2. The average molecular weight is 636 g/mol. The van der Waals surface area contributed by atoms with Crippen LogP contribution in [0.25, 0.3) is 21.9 Å². The highest BCUT2D eigenvalue weighted by Gasteiger charge is 2.34. The van der Waals surface area contributed by atoms with Crippen LogP contribution in [0.1, 0.15) is 66.7 Å². The Labute approximate surface area is 263 Å². The Hall–Kier alpha value is -4.77. The van der Waals surface area contributed by atoms with Gasteiger partial charge in [0.15, 0.2) is 5.84 Å². The topological polar surface area (TPSA) is 107 Å². The molecule has 0 unspecified atom stereocenters. The summed E-state index contributed by atoms with van der Waals surface area (Å²) in [5.41, 5.74) is 6.53. The van der Waals surface area contributed by atoms with Gasteiger partial charge in [-0.2, -0.15) is 13.2 Å². The van der Waals surface area contributed by atoms with Gasteiger partial charge in [-0.15, -0.1) is 0 Å². The molecular formula is C35H33F4N3O4. The molecule has 1 aliphatic rings. The second-order valence-electron chi connectivity index (χ2n) is 11.8. The van der Waals surface area contributed by atoms with Gasteiger partial charge >= 0.3 is 12.1 Å². The van der Waals surface area contributed by atoms with Gasteiger partial charge in [-0.05, 0) is 71.8 Å². The van der Waals surface area contributed by atoms with Gasteiger partial charge in [0.1, 0.15) is 23.2 Å². The van der Waals surface area contributed by atoms with E-state index in [4.69, 9.17) is 25.4 Å². The van der Waals surface area contributed by atoms with Crippen molar-refractivity contribution in [3.05, 3.63) is 94.3 Å². The molecular weight excluding hydrogens is 602 g/mol. The van der Waals surface area contributed by atoms with E-state index in [0.29, 0.717) is 52.7 Å². The predicted molar refractivity (Wildman–Crippen MR) is 169 cm³/mol. The largest absolute Gasteiger partial charge is 0.462 e. The highest BCUT2D eigenvalue weighted by molar-refractivity contribution is 6.27. The number of hydrogen-bond acceptors (Lipinski definition) is 6. The first-order chi connectivity index (χ1) is 21.7. The fourth-order valence-corrected chi connectivity index (χ4v) is 5.44. The summed E-state index contributed by atoms with van der Waals surface area (Å²) in [5, 5.41) is 9.11. The Morgan fingerprint density at radius 2 is 1.63 bits per heavy atom. The van der Waals surface area contributed by atoms with Crippen molar-refractivity contribution < 1.29 is 36.6 Å². The first kappa shape index (κ1) is 32.6. The molecule has 7 nitrogen and oxygen atoms in total. The van der Waals surface area contributed by atoms with Crippen LogP contribution >= 0.6 is 0 Å². The predicted octanol–water partition coefficient (Wildman–Crippen LogP) is 8.38. The molecule has 4 aromatic rings. The van der Waals surface area contributed by atoms with E-state index in [-0.39, 0.29) is 40.9 Å². The molecule has 3 N–H and O–H groups in total. The summed E-state index contributed by atoms with van der Waals surface area (Å²) in [6, 6.07) is 13.6. The quantitative estimate of drug-likeness (QED) is 0.109. The number of benzene rings is 4. The van der Waals surface area contributed by atoms with Crippen LogP contribution in [0.4, 0.5) is 17.6 Å². The molecule has 0 bridgehead atoms. The lowest BCUT2D eigenvalue weighted by Gasteiger charge is -2.27. The summed E-state index contributed by atoms with van der Waals surface area (Å²) in [7, 11) is 0. The summed E-state index contributed by atoms with van der Waals surface area (Å²) in [6.07, 6.45) is -4.00. The number of carbonyl (C=O) groups excluding carboxylic acids is 1. The number of halogens is 4. The Morgan fingerprint density at radius 1 is 0.957 bits per heavy atom. The van der Waals surface area contributed by atoms with Gasteiger partial charge < -0.3 is 19.9 Å². The van der Waals surface area contributed by atoms with Gasteiger partial charge in [0.25, 0.3) is 0 Å². The number of aliphatic imine (C=N–C) groups is 1. The smallest absolute Gasteiger partial charge is 0.416 e. The lowest BCUT2D eigenvalue weighted by Crippen LogP contribution is -2.17. The molecule has 0 saturated heterocycles. The monoisotopic (exact) mass is 635 g/mol. The minimum absolute atomic E-state index is 0.00787. The number of esters is 1. The van der Waals surface area contributed by atoms with Gasteiger partial charge in [0.05, 0.1) is 17.7 Å². The molecule has 0 saturated carbocycles. The number of nitrogens with zero attached hydrogens (tertiary/aromatic N) is 1. The van der Waals surface area contributed by atoms with E-state index in [9.17, 15) is 18.0 Å². The molecule has 5 rings (SSSR count). The summed E-state index contributed by atoms with van der Waals surface area (Å²) in [4.78, 5) is 16.6. The van der Waals surface area contributed by atoms with E-state index < -0.39 is 28.9 Å². The fourth-order valence-electron chi connectivity index (χ4n) is 5.44. The van der Waals surface area contributed by atoms with Crippen LogP contribution in [0.3, 0.4) is 0 Å². The molecule has 0 radical (unpaired) electrons. The molecule has 0 atom stereocenters. The second kappa shape index (κ2) is 12.6. The van der Waals surface area contributed by atoms with E-state index >= 15 is 4.39 Å². The van der Waals surface area contributed by atoms with Crippen LogP contribution < -0.4 is 10.5 Å². The van der Waals surface area contributed by atoms with Gasteiger partial charge in [0.2, 0.25) is 0 Å². The zero-order valence-corrected chi connectivity index (χ0v) is 25.8. The number of carbonyl (C=O) groups is 1. The van der Waals surface area contributed by atoms with E-state index in [2.05, 4.69) is 4.99 Å². The highest BCUT2D eigenvalue weighted by Crippen LogP contribution is 2.48. The van der Waals surface area contributed by atoms with Crippen molar-refractivity contribution in [1.82, 2.24) is 0 Å². The Kier molecular flexibility index (Phi) is 8.90. The Balaban J connectivity index is 1.67. The number of alkyl halides is 3. The number of amidine groups is 2. The molecule has 0 amide bonds. The maximum atomic E-state index is 16.0. The van der Waals surface area contributed by atoms with E-state index in [0.717, 1.165) is 12.1 Å². The number of nitrogens with two attached hydrogens (primary N) is 1. The number of rotatable bonds is 9. The van der Waals surface area contributed by atoms with Gasteiger partial charge in [-0.1, -0.05) is 32.9 Å². The van der Waals surface area contributed by atoms with Crippen molar-refractivity contribution in [3.8, 4) is 22.6 Å². The van der Waals surface area contributed by atoms with Crippen LogP contribution in [0.15, 0.2) is 65.7 Å². The third-order valence-corrected chi connectivity index (χ3v) is 7.51. The number of nitrogens with one attached hydrogen (secondary N) is 1. The molecule has 46 heavy (non-hydrogen) atoms. The minimum atomic E-state index is -4.55. The zero-order valence-electron chi connectivity index (χ0n) is 25.8. The first-order valence-corrected chi connectivity index (χ1v) is 14.7. The summed E-state index contributed by atoms with van der Waals surface area (Å²) < 4.78 is 73.4. The average Bonchev–Trinajstić information content (AvgIpc) is 3.27. The van der Waals surface area contributed by atoms with E-state index in [1.807, 2.05) is 27.7 Å². The second-order valence-corrected chi connectivity index (χ2v) is 11.8. The standard InChI is InChI=1S/C35H33F4N3O4/c1-5-44-15-6-16-45-33(43)20-9-13-23(14-10-20)46-30-27-21(18-25(36)29(30)34(2,3)4)17-24-28(32(41)42-31(24)40)26(27)19-7-11-22(12-8-19)35(37,38)39/h7-14,17-18H,5-6,15-16H2,1-4H3,(H3,40,41,42). The zero-order chi connectivity index (χ0) is 33.4. The van der Waals surface area contributed by atoms with Gasteiger partial charge in [0, 0.05) is 47.3 Å². The molecule has 0 aromatic heterocycles. The van der Waals surface area contributed by atoms with E-state index in [1.165, 1.54) is 30.3 Å². The van der Waals surface area contributed by atoms with Crippen LogP contribution in [0.5, 0.6) is 11.5 Å². The summed E-state index contributed by atoms with van der Waals surface area (Å²) >= 11 is 0. The maximum absolute atomic E-state index is 16.0. The van der Waals surface area contributed by atoms with Crippen LogP contribution in [0, 0.1) is 11.2 Å². The number of ether oxygens (including phenoxy) is 3. The van der Waals surface area contributed by atoms with Gasteiger partial charge in [-0.3, -0.25) is 5.41 Å². The molecule has 240 valence electrons. The van der Waals surface area contributed by atoms with Crippen molar-refractivity contribution in [2.45, 2.75) is 45.7 Å². The third-order valence-electron chi connectivity index (χ3n) is 7.51. The van der Waals surface area contributed by atoms with Crippen molar-refractivity contribution in [1.29, 1.82) is 5.41 Å². The minimum Gasteiger partial charge on any atom is -0.462 e. The third kappa shape index (κ3) is 6.46. The van der Waals surface area contributed by atoms with Crippen molar-refractivity contribution in [3.63, 3.8) is 0 Å². The van der Waals surface area contributed by atoms with E-state index in [1.54, 1.807) is 18.2 Å². The normalized spacial score (nSPS) is 13.1. The molecule has 0 fully saturated rings. The molecule has 0 aliphatic carbocycles. The molecule has 0 spiro atoms. The molecule has 1 heterocycles. The molecule has 11 heteroatoms. The lowest BCUT2D eigenvalue weighted by atomic mass is 9.81. The van der Waals surface area contributed by atoms with Crippen LogP contribution in [0.2, 0.25) is 0 Å². The molecule has 4 aromatic carbocycles.